The molecule has 2 saturated carbocycles. The zero-order chi connectivity index (χ0) is 10.4. The lowest BCUT2D eigenvalue weighted by molar-refractivity contribution is 0.0836. The molecule has 0 N–H and O–H groups in total. The predicted molar refractivity (Wildman–Crippen MR) is 62.2 cm³/mol. The van der Waals surface area contributed by atoms with E-state index in [9.17, 15) is 0 Å². The molecule has 1 spiro atoms. The third-order valence-electron chi connectivity index (χ3n) is 4.90. The van der Waals surface area contributed by atoms with Crippen LogP contribution in [0.5, 0.6) is 0 Å². The highest BCUT2D eigenvalue weighted by atomic mass is 14.5. The van der Waals surface area contributed by atoms with Crippen LogP contribution >= 0.6 is 0 Å². The summed E-state index contributed by atoms with van der Waals surface area (Å²) in [6.45, 7) is 9.87. The van der Waals surface area contributed by atoms with Crippen LogP contribution in [0.1, 0.15) is 66.2 Å². The molecule has 0 aliphatic heterocycles. The molecule has 0 heterocycles. The van der Waals surface area contributed by atoms with Crippen LogP contribution in [-0.2, 0) is 0 Å². The highest BCUT2D eigenvalue weighted by Crippen LogP contribution is 2.57. The van der Waals surface area contributed by atoms with Gasteiger partial charge in [-0.3, -0.25) is 0 Å². The van der Waals surface area contributed by atoms with Crippen molar-refractivity contribution < 1.29 is 0 Å². The Hall–Kier alpha value is 0. The van der Waals surface area contributed by atoms with Gasteiger partial charge < -0.3 is 0 Å². The molecule has 0 nitrogen and oxygen atoms in total. The second kappa shape index (κ2) is 3.25. The smallest absolute Gasteiger partial charge is 0.0287 e. The Kier molecular flexibility index (Phi) is 2.44. The average molecular weight is 194 g/mol. The fraction of sp³-hybridized carbons (Fsp3) is 1.00. The van der Waals surface area contributed by atoms with Crippen LogP contribution in [0.4, 0.5) is 0 Å². The minimum atomic E-state index is 0.627. The van der Waals surface area contributed by atoms with Gasteiger partial charge in [0.15, 0.2) is 0 Å². The number of hydrogen-bond donors (Lipinski definition) is 0. The molecule has 0 radical (unpaired) electrons. The molecule has 0 aromatic rings. The van der Waals surface area contributed by atoms with Gasteiger partial charge in [0.1, 0.15) is 0 Å². The second-order valence-electron chi connectivity index (χ2n) is 7.06. The van der Waals surface area contributed by atoms with E-state index in [0.29, 0.717) is 5.41 Å². The molecule has 2 aliphatic rings. The summed E-state index contributed by atoms with van der Waals surface area (Å²) >= 11 is 0. The van der Waals surface area contributed by atoms with Crippen molar-refractivity contribution in [2.24, 2.45) is 22.7 Å². The molecule has 0 heteroatoms. The van der Waals surface area contributed by atoms with Gasteiger partial charge in [-0.05, 0) is 54.8 Å². The zero-order valence-corrected chi connectivity index (χ0v) is 10.4. The molecule has 82 valence electrons. The van der Waals surface area contributed by atoms with Crippen LogP contribution in [0.15, 0.2) is 0 Å². The van der Waals surface area contributed by atoms with Gasteiger partial charge in [-0.25, -0.2) is 0 Å². The van der Waals surface area contributed by atoms with Crippen molar-refractivity contribution in [2.45, 2.75) is 66.2 Å². The highest BCUT2D eigenvalue weighted by molar-refractivity contribution is 4.97. The molecular formula is C14H26. The lowest BCUT2D eigenvalue weighted by Gasteiger charge is -2.43. The summed E-state index contributed by atoms with van der Waals surface area (Å²) in [4.78, 5) is 0. The van der Waals surface area contributed by atoms with E-state index in [1.54, 1.807) is 0 Å². The van der Waals surface area contributed by atoms with E-state index in [1.807, 2.05) is 0 Å². The first-order chi connectivity index (χ1) is 6.43. The molecule has 2 atom stereocenters. The summed E-state index contributed by atoms with van der Waals surface area (Å²) in [5.41, 5.74) is 1.38. The van der Waals surface area contributed by atoms with E-state index >= 15 is 0 Å². The zero-order valence-electron chi connectivity index (χ0n) is 10.4. The molecule has 2 fully saturated rings. The minimum Gasteiger partial charge on any atom is -0.0622 e. The Balaban J connectivity index is 2.10. The summed E-state index contributed by atoms with van der Waals surface area (Å²) in [5.74, 6) is 1.95. The number of hydrogen-bond acceptors (Lipinski definition) is 0. The summed E-state index contributed by atoms with van der Waals surface area (Å²) in [5, 5.41) is 0. The summed E-state index contributed by atoms with van der Waals surface area (Å²) in [7, 11) is 0. The van der Waals surface area contributed by atoms with Gasteiger partial charge in [0.05, 0.1) is 0 Å². The van der Waals surface area contributed by atoms with Crippen molar-refractivity contribution in [3.63, 3.8) is 0 Å². The van der Waals surface area contributed by atoms with Gasteiger partial charge in [0.25, 0.3) is 0 Å². The maximum Gasteiger partial charge on any atom is -0.0287 e. The first-order valence-electron chi connectivity index (χ1n) is 6.43. The molecular weight excluding hydrogens is 168 g/mol. The van der Waals surface area contributed by atoms with Crippen LogP contribution < -0.4 is 0 Å². The Morgan fingerprint density at radius 2 is 1.50 bits per heavy atom. The maximum absolute atomic E-state index is 2.47. The van der Waals surface area contributed by atoms with Crippen LogP contribution in [0, 0.1) is 22.7 Å². The number of rotatable bonds is 0. The maximum atomic E-state index is 2.47. The molecule has 0 aromatic heterocycles. The van der Waals surface area contributed by atoms with E-state index in [-0.39, 0.29) is 0 Å². The largest absolute Gasteiger partial charge is 0.0622 e. The highest BCUT2D eigenvalue weighted by Gasteiger charge is 2.46. The fourth-order valence-corrected chi connectivity index (χ4v) is 4.33. The SMILES string of the molecule is CC1CC2(CCCC(C)(C)C2)CC1C. The lowest BCUT2D eigenvalue weighted by Crippen LogP contribution is -2.31. The molecule has 2 rings (SSSR count). The third-order valence-corrected chi connectivity index (χ3v) is 4.90. The fourth-order valence-electron chi connectivity index (χ4n) is 4.33. The van der Waals surface area contributed by atoms with Crippen molar-refractivity contribution >= 4 is 0 Å². The molecule has 0 aromatic carbocycles. The van der Waals surface area contributed by atoms with Crippen LogP contribution in [0.2, 0.25) is 0 Å². The van der Waals surface area contributed by atoms with Crippen molar-refractivity contribution in [1.82, 2.24) is 0 Å². The van der Waals surface area contributed by atoms with E-state index in [4.69, 9.17) is 0 Å². The van der Waals surface area contributed by atoms with Gasteiger partial charge in [-0.2, -0.15) is 0 Å². The summed E-state index contributed by atoms with van der Waals surface area (Å²) < 4.78 is 0. The topological polar surface area (TPSA) is 0 Å². The van der Waals surface area contributed by atoms with Gasteiger partial charge in [0, 0.05) is 0 Å². The first kappa shape index (κ1) is 10.5. The van der Waals surface area contributed by atoms with Gasteiger partial charge in [-0.15, -0.1) is 0 Å². The van der Waals surface area contributed by atoms with Crippen molar-refractivity contribution in [1.29, 1.82) is 0 Å². The second-order valence-corrected chi connectivity index (χ2v) is 7.06. The monoisotopic (exact) mass is 194 g/mol. The van der Waals surface area contributed by atoms with Crippen LogP contribution in [-0.4, -0.2) is 0 Å². The average Bonchev–Trinajstić information content (AvgIpc) is 2.24. The van der Waals surface area contributed by atoms with E-state index < -0.39 is 0 Å². The minimum absolute atomic E-state index is 0.627. The van der Waals surface area contributed by atoms with Crippen molar-refractivity contribution in [2.75, 3.05) is 0 Å². The quantitative estimate of drug-likeness (QED) is 0.527. The van der Waals surface area contributed by atoms with Crippen LogP contribution in [0.3, 0.4) is 0 Å². The van der Waals surface area contributed by atoms with Gasteiger partial charge >= 0.3 is 0 Å². The van der Waals surface area contributed by atoms with E-state index in [0.717, 1.165) is 17.3 Å². The van der Waals surface area contributed by atoms with E-state index in [1.165, 1.54) is 38.5 Å². The molecule has 2 unspecified atom stereocenters. The molecule has 0 bridgehead atoms. The summed E-state index contributed by atoms with van der Waals surface area (Å²) in [6.07, 6.45) is 8.97. The predicted octanol–water partition coefficient (Wildman–Crippen LogP) is 4.64. The third kappa shape index (κ3) is 1.85. The summed E-state index contributed by atoms with van der Waals surface area (Å²) in [6, 6.07) is 0. The lowest BCUT2D eigenvalue weighted by atomic mass is 9.62. The van der Waals surface area contributed by atoms with Crippen molar-refractivity contribution in [3.05, 3.63) is 0 Å². The molecule has 14 heavy (non-hydrogen) atoms. The molecule has 0 amide bonds. The Morgan fingerprint density at radius 1 is 0.929 bits per heavy atom. The Labute approximate surface area is 89.5 Å². The van der Waals surface area contributed by atoms with E-state index in [2.05, 4.69) is 27.7 Å². The van der Waals surface area contributed by atoms with Gasteiger partial charge in [0.2, 0.25) is 0 Å². The molecule has 0 saturated heterocycles. The normalized spacial score (nSPS) is 47.1. The Morgan fingerprint density at radius 3 is 2.00 bits per heavy atom. The van der Waals surface area contributed by atoms with Gasteiger partial charge in [-0.1, -0.05) is 34.1 Å². The first-order valence-corrected chi connectivity index (χ1v) is 6.43. The van der Waals surface area contributed by atoms with Crippen LogP contribution in [0.25, 0.3) is 0 Å². The molecule has 2 aliphatic carbocycles. The van der Waals surface area contributed by atoms with Crippen molar-refractivity contribution in [3.8, 4) is 0 Å². The standard InChI is InChI=1S/C14H26/c1-11-8-14(9-12(11)2)7-5-6-13(3,4)10-14/h11-12H,5-10H2,1-4H3. The Bertz CT molecular complexity index is 204.